The molecule has 1 atom stereocenters. The van der Waals surface area contributed by atoms with Gasteiger partial charge in [-0.15, -0.1) is 11.3 Å². The summed E-state index contributed by atoms with van der Waals surface area (Å²) in [6.07, 6.45) is 4.94. The van der Waals surface area contributed by atoms with Crippen molar-refractivity contribution in [3.05, 3.63) is 16.0 Å². The van der Waals surface area contributed by atoms with Crippen LogP contribution in [0.4, 0.5) is 5.00 Å². The molecular formula is C17H22N2O4S. The van der Waals surface area contributed by atoms with Crippen LogP contribution in [0.2, 0.25) is 0 Å². The van der Waals surface area contributed by atoms with Crippen LogP contribution in [0.1, 0.15) is 60.3 Å². The van der Waals surface area contributed by atoms with Crippen molar-refractivity contribution in [1.82, 2.24) is 5.32 Å². The summed E-state index contributed by atoms with van der Waals surface area (Å²) in [5.41, 5.74) is 1.39. The first-order valence-electron chi connectivity index (χ1n) is 8.39. The van der Waals surface area contributed by atoms with Gasteiger partial charge >= 0.3 is 5.97 Å². The first kappa shape index (κ1) is 17.0. The van der Waals surface area contributed by atoms with Crippen LogP contribution < -0.4 is 10.6 Å². The minimum atomic E-state index is -0.845. The molecule has 2 amide bonds. The molecule has 3 rings (SSSR count). The zero-order chi connectivity index (χ0) is 17.3. The zero-order valence-electron chi connectivity index (χ0n) is 13.9. The smallest absolute Gasteiger partial charge is 0.342 e. The van der Waals surface area contributed by atoms with Gasteiger partial charge in [0.2, 0.25) is 5.91 Å². The summed E-state index contributed by atoms with van der Waals surface area (Å²) in [6, 6.07) is 0.225. The summed E-state index contributed by atoms with van der Waals surface area (Å²) in [5.74, 6) is -1.02. The number of rotatable bonds is 5. The molecule has 130 valence electrons. The van der Waals surface area contributed by atoms with Crippen molar-refractivity contribution in [1.29, 1.82) is 0 Å². The maximum atomic E-state index is 12.6. The van der Waals surface area contributed by atoms with Gasteiger partial charge in [0.25, 0.3) is 5.91 Å². The number of hydrogen-bond donors (Lipinski definition) is 2. The highest BCUT2D eigenvalue weighted by molar-refractivity contribution is 7.17. The zero-order valence-corrected chi connectivity index (χ0v) is 14.8. The van der Waals surface area contributed by atoms with E-state index in [4.69, 9.17) is 4.74 Å². The maximum Gasteiger partial charge on any atom is 0.342 e. The lowest BCUT2D eigenvalue weighted by Gasteiger charge is -2.16. The number of carbonyl (C=O) groups is 3. The standard InChI is InChI=1S/C17H22N2O4S/c1-9(15(21)19-11-7-8-11)23-17(22)14-12-5-3-4-6-13(12)24-16(14)18-10(2)20/h9,11H,3-8H2,1-2H3,(H,18,20)(H,19,21). The largest absolute Gasteiger partial charge is 0.449 e. The number of esters is 1. The lowest BCUT2D eigenvalue weighted by Crippen LogP contribution is -2.37. The first-order valence-corrected chi connectivity index (χ1v) is 9.21. The summed E-state index contributed by atoms with van der Waals surface area (Å²) >= 11 is 1.44. The molecule has 0 spiro atoms. The number of ether oxygens (including phenoxy) is 1. The predicted molar refractivity (Wildman–Crippen MR) is 91.3 cm³/mol. The van der Waals surface area contributed by atoms with Crippen molar-refractivity contribution in [3.63, 3.8) is 0 Å². The van der Waals surface area contributed by atoms with Gasteiger partial charge in [-0.3, -0.25) is 9.59 Å². The Hall–Kier alpha value is -1.89. The Morgan fingerprint density at radius 3 is 2.58 bits per heavy atom. The topological polar surface area (TPSA) is 84.5 Å². The quantitative estimate of drug-likeness (QED) is 0.799. The fraction of sp³-hybridized carbons (Fsp3) is 0.588. The fourth-order valence-electron chi connectivity index (χ4n) is 2.85. The van der Waals surface area contributed by atoms with Gasteiger partial charge in [0.05, 0.1) is 5.56 Å². The van der Waals surface area contributed by atoms with E-state index < -0.39 is 12.1 Å². The molecule has 1 fully saturated rings. The van der Waals surface area contributed by atoms with E-state index in [0.29, 0.717) is 10.6 Å². The number of thiophene rings is 1. The second-order valence-electron chi connectivity index (χ2n) is 6.43. The van der Waals surface area contributed by atoms with Gasteiger partial charge in [-0.1, -0.05) is 0 Å². The second-order valence-corrected chi connectivity index (χ2v) is 7.53. The molecule has 1 heterocycles. The summed E-state index contributed by atoms with van der Waals surface area (Å²) in [6.45, 7) is 2.99. The van der Waals surface area contributed by atoms with E-state index >= 15 is 0 Å². The molecule has 2 N–H and O–H groups in total. The summed E-state index contributed by atoms with van der Waals surface area (Å²) < 4.78 is 5.38. The maximum absolute atomic E-state index is 12.6. The van der Waals surface area contributed by atoms with Crippen LogP contribution in [0, 0.1) is 0 Å². The molecule has 1 aromatic rings. The average Bonchev–Trinajstić information content (AvgIpc) is 3.25. The van der Waals surface area contributed by atoms with Crippen LogP contribution in [0.25, 0.3) is 0 Å². The SMILES string of the molecule is CC(=O)Nc1sc2c(c1C(=O)OC(C)C(=O)NC1CC1)CCCC2. The number of anilines is 1. The molecule has 0 aromatic carbocycles. The third-order valence-electron chi connectivity index (χ3n) is 4.24. The molecule has 0 saturated heterocycles. The van der Waals surface area contributed by atoms with E-state index in [1.165, 1.54) is 18.3 Å². The Kier molecular flexibility index (Phi) is 4.89. The van der Waals surface area contributed by atoms with E-state index in [2.05, 4.69) is 10.6 Å². The van der Waals surface area contributed by atoms with Crippen LogP contribution in [0.3, 0.4) is 0 Å². The highest BCUT2D eigenvalue weighted by Gasteiger charge is 2.31. The van der Waals surface area contributed by atoms with Crippen molar-refractivity contribution in [3.8, 4) is 0 Å². The van der Waals surface area contributed by atoms with Gasteiger partial charge in [-0.05, 0) is 51.0 Å². The lowest BCUT2D eigenvalue weighted by molar-refractivity contribution is -0.129. The summed E-state index contributed by atoms with van der Waals surface area (Å²) in [7, 11) is 0. The average molecular weight is 350 g/mol. The number of amides is 2. The summed E-state index contributed by atoms with van der Waals surface area (Å²) in [5, 5.41) is 6.10. The van der Waals surface area contributed by atoms with E-state index in [9.17, 15) is 14.4 Å². The van der Waals surface area contributed by atoms with E-state index in [0.717, 1.165) is 49.0 Å². The molecule has 1 aromatic heterocycles. The van der Waals surface area contributed by atoms with Crippen molar-refractivity contribution in [2.75, 3.05) is 5.32 Å². The summed E-state index contributed by atoms with van der Waals surface area (Å²) in [4.78, 5) is 37.2. The molecule has 1 unspecified atom stereocenters. The first-order chi connectivity index (χ1) is 11.5. The Balaban J connectivity index is 1.78. The monoisotopic (exact) mass is 350 g/mol. The van der Waals surface area contributed by atoms with Crippen LogP contribution in [0.5, 0.6) is 0 Å². The molecule has 1 saturated carbocycles. The Bertz CT molecular complexity index is 678. The van der Waals surface area contributed by atoms with Crippen LogP contribution in [0.15, 0.2) is 0 Å². The molecule has 2 aliphatic rings. The number of aryl methyl sites for hydroxylation is 1. The van der Waals surface area contributed by atoms with E-state index in [1.54, 1.807) is 6.92 Å². The lowest BCUT2D eigenvalue weighted by atomic mass is 9.95. The van der Waals surface area contributed by atoms with Crippen LogP contribution >= 0.6 is 11.3 Å². The van der Waals surface area contributed by atoms with E-state index in [1.807, 2.05) is 0 Å². The van der Waals surface area contributed by atoms with Gasteiger partial charge in [-0.2, -0.15) is 0 Å². The van der Waals surface area contributed by atoms with Crippen molar-refractivity contribution >= 4 is 34.1 Å². The van der Waals surface area contributed by atoms with Gasteiger partial charge in [-0.25, -0.2) is 4.79 Å². The molecule has 2 aliphatic carbocycles. The normalized spacial score (nSPS) is 17.6. The van der Waals surface area contributed by atoms with Crippen molar-refractivity contribution in [2.24, 2.45) is 0 Å². The third kappa shape index (κ3) is 3.77. The predicted octanol–water partition coefficient (Wildman–Crippen LogP) is 2.41. The number of nitrogens with one attached hydrogen (secondary N) is 2. The van der Waals surface area contributed by atoms with Gasteiger partial charge < -0.3 is 15.4 Å². The highest BCUT2D eigenvalue weighted by Crippen LogP contribution is 2.38. The number of carbonyl (C=O) groups excluding carboxylic acids is 3. The van der Waals surface area contributed by atoms with Crippen molar-refractivity contribution in [2.45, 2.75) is 64.5 Å². The highest BCUT2D eigenvalue weighted by atomic mass is 32.1. The molecule has 0 bridgehead atoms. The Morgan fingerprint density at radius 1 is 1.21 bits per heavy atom. The second kappa shape index (κ2) is 6.93. The fourth-order valence-corrected chi connectivity index (χ4v) is 4.17. The Morgan fingerprint density at radius 2 is 1.92 bits per heavy atom. The van der Waals surface area contributed by atoms with Crippen LogP contribution in [-0.2, 0) is 27.2 Å². The minimum Gasteiger partial charge on any atom is -0.449 e. The van der Waals surface area contributed by atoms with E-state index in [-0.39, 0.29) is 17.9 Å². The number of hydrogen-bond acceptors (Lipinski definition) is 5. The van der Waals surface area contributed by atoms with Gasteiger partial charge in [0, 0.05) is 17.8 Å². The molecule has 7 heteroatoms. The molecule has 6 nitrogen and oxygen atoms in total. The van der Waals surface area contributed by atoms with Gasteiger partial charge in [0.1, 0.15) is 5.00 Å². The van der Waals surface area contributed by atoms with Crippen LogP contribution in [-0.4, -0.2) is 29.9 Å². The van der Waals surface area contributed by atoms with Gasteiger partial charge in [0.15, 0.2) is 6.10 Å². The molecule has 0 radical (unpaired) electrons. The number of fused-ring (bicyclic) bond motifs is 1. The minimum absolute atomic E-state index is 0.220. The molecule has 0 aliphatic heterocycles. The van der Waals surface area contributed by atoms with Crippen molar-refractivity contribution < 1.29 is 19.1 Å². The molecular weight excluding hydrogens is 328 g/mol. The Labute approximate surface area is 145 Å². The third-order valence-corrected chi connectivity index (χ3v) is 5.45. The molecule has 24 heavy (non-hydrogen) atoms.